The summed E-state index contributed by atoms with van der Waals surface area (Å²) in [5.41, 5.74) is 8.85. The summed E-state index contributed by atoms with van der Waals surface area (Å²) < 4.78 is 5.65. The molecular formula is C16H24N2O. The van der Waals surface area contributed by atoms with Gasteiger partial charge in [0.15, 0.2) is 0 Å². The van der Waals surface area contributed by atoms with Crippen molar-refractivity contribution < 1.29 is 4.74 Å². The van der Waals surface area contributed by atoms with Gasteiger partial charge in [0.05, 0.1) is 6.61 Å². The van der Waals surface area contributed by atoms with Crippen molar-refractivity contribution in [2.24, 2.45) is 5.73 Å². The van der Waals surface area contributed by atoms with Crippen LogP contribution in [0.4, 0.5) is 0 Å². The lowest BCUT2D eigenvalue weighted by Crippen LogP contribution is -2.41. The van der Waals surface area contributed by atoms with Crippen molar-refractivity contribution in [1.82, 2.24) is 5.32 Å². The first-order valence-electron chi connectivity index (χ1n) is 7.56. The molecule has 0 aromatic heterocycles. The van der Waals surface area contributed by atoms with Gasteiger partial charge in [-0.1, -0.05) is 18.6 Å². The predicted octanol–water partition coefficient (Wildman–Crippen LogP) is 2.02. The molecule has 0 saturated heterocycles. The van der Waals surface area contributed by atoms with E-state index in [1.807, 2.05) is 0 Å². The number of nitrogens with one attached hydrogen (secondary N) is 1. The first-order valence-corrected chi connectivity index (χ1v) is 7.56. The summed E-state index contributed by atoms with van der Waals surface area (Å²) in [6.07, 6.45) is 7.06. The maximum Gasteiger partial charge on any atom is 0.122 e. The Morgan fingerprint density at radius 2 is 2.21 bits per heavy atom. The molecule has 104 valence electrons. The highest BCUT2D eigenvalue weighted by atomic mass is 16.5. The van der Waals surface area contributed by atoms with Crippen LogP contribution in [0.15, 0.2) is 18.2 Å². The highest BCUT2D eigenvalue weighted by Gasteiger charge is 2.22. The van der Waals surface area contributed by atoms with Crippen molar-refractivity contribution in [2.45, 2.75) is 50.6 Å². The summed E-state index contributed by atoms with van der Waals surface area (Å²) in [6.45, 7) is 1.89. The highest BCUT2D eigenvalue weighted by molar-refractivity contribution is 5.38. The second kappa shape index (κ2) is 5.93. The van der Waals surface area contributed by atoms with Crippen molar-refractivity contribution >= 4 is 0 Å². The van der Waals surface area contributed by atoms with E-state index in [-0.39, 0.29) is 0 Å². The van der Waals surface area contributed by atoms with Gasteiger partial charge >= 0.3 is 0 Å². The quantitative estimate of drug-likeness (QED) is 0.870. The van der Waals surface area contributed by atoms with E-state index in [2.05, 4.69) is 23.5 Å². The second-order valence-electron chi connectivity index (χ2n) is 5.80. The number of hydrogen-bond donors (Lipinski definition) is 2. The smallest absolute Gasteiger partial charge is 0.122 e. The van der Waals surface area contributed by atoms with Crippen LogP contribution in [0, 0.1) is 0 Å². The topological polar surface area (TPSA) is 47.3 Å². The van der Waals surface area contributed by atoms with Crippen LogP contribution in [-0.2, 0) is 12.8 Å². The molecule has 1 saturated carbocycles. The summed E-state index contributed by atoms with van der Waals surface area (Å²) in [7, 11) is 0. The Labute approximate surface area is 115 Å². The summed E-state index contributed by atoms with van der Waals surface area (Å²) in [5.74, 6) is 1.08. The Hall–Kier alpha value is -1.06. The van der Waals surface area contributed by atoms with Crippen molar-refractivity contribution in [3.05, 3.63) is 29.3 Å². The molecule has 1 aromatic carbocycles. The molecule has 0 spiro atoms. The number of ether oxygens (including phenoxy) is 1. The van der Waals surface area contributed by atoms with E-state index in [1.54, 1.807) is 0 Å². The minimum absolute atomic E-state index is 0.358. The second-order valence-corrected chi connectivity index (χ2v) is 5.80. The van der Waals surface area contributed by atoms with Gasteiger partial charge in [0.25, 0.3) is 0 Å². The standard InChI is InChI=1S/C16H24N2O/c17-14-4-1-5-15(14)18-9-8-12-6-7-16-13(11-12)3-2-10-19-16/h6-7,11,14-15,18H,1-5,8-10,17H2. The third kappa shape index (κ3) is 3.10. The molecule has 3 heteroatoms. The fraction of sp³-hybridized carbons (Fsp3) is 0.625. The van der Waals surface area contributed by atoms with Crippen molar-refractivity contribution in [3.63, 3.8) is 0 Å². The number of nitrogens with two attached hydrogens (primary N) is 1. The Kier molecular flexibility index (Phi) is 4.04. The monoisotopic (exact) mass is 260 g/mol. The Morgan fingerprint density at radius 1 is 1.26 bits per heavy atom. The zero-order valence-electron chi connectivity index (χ0n) is 11.5. The molecule has 1 fully saturated rings. The van der Waals surface area contributed by atoms with Crippen LogP contribution >= 0.6 is 0 Å². The molecule has 1 heterocycles. The minimum atomic E-state index is 0.358. The van der Waals surface area contributed by atoms with Gasteiger partial charge in [0.1, 0.15) is 5.75 Å². The summed E-state index contributed by atoms with van der Waals surface area (Å²) >= 11 is 0. The van der Waals surface area contributed by atoms with Crippen LogP contribution in [0.2, 0.25) is 0 Å². The van der Waals surface area contributed by atoms with Crippen molar-refractivity contribution in [2.75, 3.05) is 13.2 Å². The maximum atomic E-state index is 6.07. The molecule has 0 radical (unpaired) electrons. The van der Waals surface area contributed by atoms with Crippen LogP contribution in [0.5, 0.6) is 5.75 Å². The third-order valence-electron chi connectivity index (χ3n) is 4.36. The summed E-state index contributed by atoms with van der Waals surface area (Å²) in [4.78, 5) is 0. The van der Waals surface area contributed by atoms with Gasteiger partial charge in [-0.25, -0.2) is 0 Å². The number of rotatable bonds is 4. The van der Waals surface area contributed by atoms with E-state index in [0.717, 1.165) is 38.2 Å². The molecule has 2 aliphatic rings. The average molecular weight is 260 g/mol. The van der Waals surface area contributed by atoms with Gasteiger partial charge in [0, 0.05) is 12.1 Å². The molecule has 0 amide bonds. The lowest BCUT2D eigenvalue weighted by atomic mass is 10.0. The highest BCUT2D eigenvalue weighted by Crippen LogP contribution is 2.25. The zero-order valence-corrected chi connectivity index (χ0v) is 11.5. The molecule has 2 unspecified atom stereocenters. The van der Waals surface area contributed by atoms with Crippen molar-refractivity contribution in [1.29, 1.82) is 0 Å². The first kappa shape index (κ1) is 12.9. The Morgan fingerprint density at radius 3 is 3.05 bits per heavy atom. The molecule has 19 heavy (non-hydrogen) atoms. The van der Waals surface area contributed by atoms with Crippen LogP contribution in [0.3, 0.4) is 0 Å². The van der Waals surface area contributed by atoms with E-state index in [4.69, 9.17) is 10.5 Å². The number of fused-ring (bicyclic) bond motifs is 1. The lowest BCUT2D eigenvalue weighted by Gasteiger charge is -2.19. The fourth-order valence-corrected chi connectivity index (χ4v) is 3.21. The molecule has 0 bridgehead atoms. The van der Waals surface area contributed by atoms with E-state index in [9.17, 15) is 0 Å². The van der Waals surface area contributed by atoms with Gasteiger partial charge in [0.2, 0.25) is 0 Å². The number of aryl methyl sites for hydroxylation is 1. The van der Waals surface area contributed by atoms with E-state index in [1.165, 1.54) is 30.4 Å². The SMILES string of the molecule is NC1CCCC1NCCc1ccc2c(c1)CCCO2. The lowest BCUT2D eigenvalue weighted by molar-refractivity contribution is 0.288. The normalized spacial score (nSPS) is 25.9. The average Bonchev–Trinajstić information content (AvgIpc) is 2.84. The van der Waals surface area contributed by atoms with E-state index < -0.39 is 0 Å². The summed E-state index contributed by atoms with van der Waals surface area (Å²) in [6, 6.07) is 7.52. The molecular weight excluding hydrogens is 236 g/mol. The molecule has 2 atom stereocenters. The third-order valence-corrected chi connectivity index (χ3v) is 4.36. The molecule has 3 N–H and O–H groups in total. The van der Waals surface area contributed by atoms with Gasteiger partial charge in [-0.2, -0.15) is 0 Å². The van der Waals surface area contributed by atoms with Gasteiger partial charge in [-0.15, -0.1) is 0 Å². The molecule has 3 nitrogen and oxygen atoms in total. The Balaban J connectivity index is 1.52. The summed E-state index contributed by atoms with van der Waals surface area (Å²) in [5, 5.41) is 3.60. The maximum absolute atomic E-state index is 6.07. The molecule has 3 rings (SSSR count). The molecule has 1 aliphatic carbocycles. The van der Waals surface area contributed by atoms with Gasteiger partial charge < -0.3 is 15.8 Å². The van der Waals surface area contributed by atoms with Crippen molar-refractivity contribution in [3.8, 4) is 5.75 Å². The predicted molar refractivity (Wildman–Crippen MR) is 77.6 cm³/mol. The van der Waals surface area contributed by atoms with Crippen LogP contribution in [0.25, 0.3) is 0 Å². The van der Waals surface area contributed by atoms with E-state index in [0.29, 0.717) is 12.1 Å². The first-order chi connectivity index (χ1) is 9.33. The minimum Gasteiger partial charge on any atom is -0.493 e. The molecule has 1 aliphatic heterocycles. The van der Waals surface area contributed by atoms with Crippen LogP contribution in [-0.4, -0.2) is 25.2 Å². The number of hydrogen-bond acceptors (Lipinski definition) is 3. The van der Waals surface area contributed by atoms with Crippen LogP contribution in [0.1, 0.15) is 36.8 Å². The van der Waals surface area contributed by atoms with Crippen LogP contribution < -0.4 is 15.8 Å². The fourth-order valence-electron chi connectivity index (χ4n) is 3.21. The van der Waals surface area contributed by atoms with E-state index >= 15 is 0 Å². The zero-order chi connectivity index (χ0) is 13.1. The van der Waals surface area contributed by atoms with Gasteiger partial charge in [-0.05, 0) is 55.8 Å². The molecule has 1 aromatic rings. The van der Waals surface area contributed by atoms with Gasteiger partial charge in [-0.3, -0.25) is 0 Å². The Bertz CT molecular complexity index is 433. The number of benzene rings is 1. The largest absolute Gasteiger partial charge is 0.493 e.